The van der Waals surface area contributed by atoms with Crippen molar-refractivity contribution < 1.29 is 4.79 Å². The van der Waals surface area contributed by atoms with Crippen LogP contribution >= 0.6 is 11.6 Å². The van der Waals surface area contributed by atoms with Gasteiger partial charge in [0.25, 0.3) is 0 Å². The van der Waals surface area contributed by atoms with Crippen LogP contribution in [0.5, 0.6) is 0 Å². The molecule has 1 N–H and O–H groups in total. The molecule has 126 valence electrons. The van der Waals surface area contributed by atoms with Crippen molar-refractivity contribution in [2.24, 2.45) is 0 Å². The second kappa shape index (κ2) is 7.54. The molecule has 1 saturated heterocycles. The van der Waals surface area contributed by atoms with Crippen molar-refractivity contribution in [1.29, 1.82) is 0 Å². The zero-order valence-electron chi connectivity index (χ0n) is 13.8. The van der Waals surface area contributed by atoms with E-state index < -0.39 is 0 Å². The van der Waals surface area contributed by atoms with Crippen molar-refractivity contribution in [3.05, 3.63) is 34.9 Å². The van der Waals surface area contributed by atoms with E-state index >= 15 is 0 Å². The van der Waals surface area contributed by atoms with Crippen LogP contribution < -0.4 is 5.32 Å². The van der Waals surface area contributed by atoms with E-state index in [4.69, 9.17) is 11.6 Å². The number of nitrogens with zero attached hydrogens (tertiary/aromatic N) is 2. The van der Waals surface area contributed by atoms with Crippen molar-refractivity contribution in [2.45, 2.75) is 51.2 Å². The summed E-state index contributed by atoms with van der Waals surface area (Å²) in [6.45, 7) is 5.55. The number of nitrogens with one attached hydrogen (secondary N) is 1. The lowest BCUT2D eigenvalue weighted by atomic mass is 10.1. The Morgan fingerprint density at radius 3 is 2.65 bits per heavy atom. The Hall–Kier alpha value is -1.26. The maximum absolute atomic E-state index is 12.5. The van der Waals surface area contributed by atoms with Crippen LogP contribution in [0.4, 0.5) is 4.79 Å². The summed E-state index contributed by atoms with van der Waals surface area (Å²) in [5.41, 5.74) is 1.07. The molecule has 1 aliphatic heterocycles. The standard InChI is InChI=1S/C18H26ClN3O/c1-2-21(13-14-4-3-5-15(19)12-14)18(23)20-16-8-10-22(11-9-16)17-6-7-17/h3-5,12,16-17H,2,6-11,13H2,1H3,(H,20,23). The highest BCUT2D eigenvalue weighted by Crippen LogP contribution is 2.29. The summed E-state index contributed by atoms with van der Waals surface area (Å²) >= 11 is 6.03. The minimum Gasteiger partial charge on any atom is -0.335 e. The molecular formula is C18H26ClN3O. The molecule has 4 nitrogen and oxygen atoms in total. The maximum Gasteiger partial charge on any atom is 0.317 e. The molecule has 3 rings (SSSR count). The van der Waals surface area contributed by atoms with Gasteiger partial charge in [0, 0.05) is 43.3 Å². The zero-order valence-corrected chi connectivity index (χ0v) is 14.6. The SMILES string of the molecule is CCN(Cc1cccc(Cl)c1)C(=O)NC1CCN(C2CC2)CC1. The van der Waals surface area contributed by atoms with Crippen LogP contribution in [0.3, 0.4) is 0 Å². The molecule has 1 aromatic carbocycles. The normalized spacial score (nSPS) is 19.6. The monoisotopic (exact) mass is 335 g/mol. The Bertz CT molecular complexity index is 539. The number of benzene rings is 1. The maximum atomic E-state index is 12.5. The molecule has 0 radical (unpaired) electrons. The van der Waals surface area contributed by atoms with Crippen molar-refractivity contribution >= 4 is 17.6 Å². The van der Waals surface area contributed by atoms with Crippen molar-refractivity contribution in [1.82, 2.24) is 15.1 Å². The summed E-state index contributed by atoms with van der Waals surface area (Å²) in [5.74, 6) is 0. The van der Waals surface area contributed by atoms with Crippen molar-refractivity contribution in [3.8, 4) is 0 Å². The average Bonchev–Trinajstić information content (AvgIpc) is 3.38. The van der Waals surface area contributed by atoms with Crippen LogP contribution in [0, 0.1) is 0 Å². The molecule has 2 amide bonds. The number of halogens is 1. The topological polar surface area (TPSA) is 35.6 Å². The highest BCUT2D eigenvalue weighted by atomic mass is 35.5. The number of hydrogen-bond donors (Lipinski definition) is 1. The summed E-state index contributed by atoms with van der Waals surface area (Å²) in [6.07, 6.45) is 4.86. The first-order valence-corrected chi connectivity index (χ1v) is 9.07. The van der Waals surface area contributed by atoms with E-state index in [9.17, 15) is 4.79 Å². The van der Waals surface area contributed by atoms with Crippen LogP contribution in [-0.4, -0.2) is 47.5 Å². The fourth-order valence-corrected chi connectivity index (χ4v) is 3.51. The fourth-order valence-electron chi connectivity index (χ4n) is 3.30. The van der Waals surface area contributed by atoms with Gasteiger partial charge in [-0.25, -0.2) is 4.79 Å². The van der Waals surface area contributed by atoms with Gasteiger partial charge in [-0.2, -0.15) is 0 Å². The van der Waals surface area contributed by atoms with Gasteiger partial charge in [0.05, 0.1) is 0 Å². The molecule has 23 heavy (non-hydrogen) atoms. The second-order valence-corrected chi connectivity index (χ2v) is 7.07. The van der Waals surface area contributed by atoms with Gasteiger partial charge >= 0.3 is 6.03 Å². The molecule has 0 unspecified atom stereocenters. The van der Waals surface area contributed by atoms with E-state index in [0.29, 0.717) is 24.2 Å². The van der Waals surface area contributed by atoms with E-state index in [2.05, 4.69) is 10.2 Å². The minimum atomic E-state index is 0.0392. The third kappa shape index (κ3) is 4.61. The highest BCUT2D eigenvalue weighted by molar-refractivity contribution is 6.30. The van der Waals surface area contributed by atoms with Gasteiger partial charge in [-0.15, -0.1) is 0 Å². The zero-order chi connectivity index (χ0) is 16.2. The Morgan fingerprint density at radius 2 is 2.04 bits per heavy atom. The molecule has 0 spiro atoms. The van der Waals surface area contributed by atoms with Crippen molar-refractivity contribution in [2.75, 3.05) is 19.6 Å². The fraction of sp³-hybridized carbons (Fsp3) is 0.611. The van der Waals surface area contributed by atoms with Gasteiger partial charge in [0.2, 0.25) is 0 Å². The third-order valence-corrected chi connectivity index (χ3v) is 5.09. The van der Waals surface area contributed by atoms with E-state index in [1.54, 1.807) is 0 Å². The number of amides is 2. The Morgan fingerprint density at radius 1 is 1.30 bits per heavy atom. The predicted octanol–water partition coefficient (Wildman–Crippen LogP) is 3.50. The smallest absolute Gasteiger partial charge is 0.317 e. The Balaban J connectivity index is 1.49. The van der Waals surface area contributed by atoms with Gasteiger partial charge in [0.15, 0.2) is 0 Å². The summed E-state index contributed by atoms with van der Waals surface area (Å²) < 4.78 is 0. The van der Waals surface area contributed by atoms with E-state index in [0.717, 1.165) is 37.5 Å². The molecule has 1 heterocycles. The molecule has 0 bridgehead atoms. The second-order valence-electron chi connectivity index (χ2n) is 6.64. The molecule has 1 aliphatic carbocycles. The van der Waals surface area contributed by atoms with Crippen molar-refractivity contribution in [3.63, 3.8) is 0 Å². The first-order valence-electron chi connectivity index (χ1n) is 8.69. The third-order valence-electron chi connectivity index (χ3n) is 4.85. The molecular weight excluding hydrogens is 310 g/mol. The van der Waals surface area contributed by atoms with Gasteiger partial charge in [-0.3, -0.25) is 0 Å². The number of urea groups is 1. The number of piperidine rings is 1. The number of likely N-dealkylation sites (tertiary alicyclic amines) is 1. The van der Waals surface area contributed by atoms with Crippen LogP contribution in [0.1, 0.15) is 38.2 Å². The number of hydrogen-bond acceptors (Lipinski definition) is 2. The lowest BCUT2D eigenvalue weighted by Crippen LogP contribution is -2.49. The Labute approximate surface area is 143 Å². The molecule has 0 aromatic heterocycles. The highest BCUT2D eigenvalue weighted by Gasteiger charge is 2.32. The van der Waals surface area contributed by atoms with Gasteiger partial charge < -0.3 is 15.1 Å². The van der Waals surface area contributed by atoms with Gasteiger partial charge in [-0.05, 0) is 50.3 Å². The summed E-state index contributed by atoms with van der Waals surface area (Å²) in [4.78, 5) is 16.9. The Kier molecular flexibility index (Phi) is 5.44. The quantitative estimate of drug-likeness (QED) is 0.894. The van der Waals surface area contributed by atoms with Crippen LogP contribution in [0.2, 0.25) is 5.02 Å². The van der Waals surface area contributed by atoms with E-state index in [1.807, 2.05) is 36.1 Å². The molecule has 1 aromatic rings. The van der Waals surface area contributed by atoms with E-state index in [1.165, 1.54) is 12.8 Å². The molecule has 5 heteroatoms. The predicted molar refractivity (Wildman–Crippen MR) is 93.7 cm³/mol. The van der Waals surface area contributed by atoms with Crippen LogP contribution in [0.15, 0.2) is 24.3 Å². The lowest BCUT2D eigenvalue weighted by molar-refractivity contribution is 0.168. The molecule has 0 atom stereocenters. The summed E-state index contributed by atoms with van der Waals surface area (Å²) in [6, 6.07) is 8.90. The number of carbonyl (C=O) groups excluding carboxylic acids is 1. The summed E-state index contributed by atoms with van der Waals surface area (Å²) in [5, 5.41) is 3.93. The molecule has 2 fully saturated rings. The van der Waals surface area contributed by atoms with Crippen LogP contribution in [0.25, 0.3) is 0 Å². The molecule has 1 saturated carbocycles. The number of rotatable bonds is 5. The van der Waals surface area contributed by atoms with Crippen LogP contribution in [-0.2, 0) is 6.54 Å². The van der Waals surface area contributed by atoms with Gasteiger partial charge in [0.1, 0.15) is 0 Å². The minimum absolute atomic E-state index is 0.0392. The van der Waals surface area contributed by atoms with Gasteiger partial charge in [-0.1, -0.05) is 23.7 Å². The largest absolute Gasteiger partial charge is 0.335 e. The first kappa shape index (κ1) is 16.6. The lowest BCUT2D eigenvalue weighted by Gasteiger charge is -2.33. The first-order chi connectivity index (χ1) is 11.2. The summed E-state index contributed by atoms with van der Waals surface area (Å²) in [7, 11) is 0. The average molecular weight is 336 g/mol. The van der Waals surface area contributed by atoms with E-state index in [-0.39, 0.29) is 6.03 Å². The number of carbonyl (C=O) groups is 1. The molecule has 2 aliphatic rings.